The molecule has 0 aliphatic rings. The van der Waals surface area contributed by atoms with Crippen molar-refractivity contribution in [1.82, 2.24) is 0 Å². The van der Waals surface area contributed by atoms with Gasteiger partial charge in [-0.2, -0.15) is 0 Å². The normalized spacial score (nSPS) is 10.2. The summed E-state index contributed by atoms with van der Waals surface area (Å²) in [6, 6.07) is 15.8. The van der Waals surface area contributed by atoms with Crippen molar-refractivity contribution in [1.29, 1.82) is 0 Å². The Morgan fingerprint density at radius 2 is 1.71 bits per heavy atom. The van der Waals surface area contributed by atoms with E-state index in [1.165, 1.54) is 5.56 Å². The summed E-state index contributed by atoms with van der Waals surface area (Å²) in [6.07, 6.45) is 1.49. The fourth-order valence-corrected chi connectivity index (χ4v) is 2.12. The van der Waals surface area contributed by atoms with E-state index in [0.717, 1.165) is 30.0 Å². The molecule has 21 heavy (non-hydrogen) atoms. The Morgan fingerprint density at radius 1 is 1.05 bits per heavy atom. The van der Waals surface area contributed by atoms with Gasteiger partial charge in [0, 0.05) is 24.2 Å². The smallest absolute Gasteiger partial charge is 0.162 e. The van der Waals surface area contributed by atoms with E-state index >= 15 is 0 Å². The summed E-state index contributed by atoms with van der Waals surface area (Å²) in [5.74, 6) is 1.06. The third-order valence-corrected chi connectivity index (χ3v) is 3.43. The van der Waals surface area contributed by atoms with Gasteiger partial charge in [-0.05, 0) is 48.4 Å². The van der Waals surface area contributed by atoms with Crippen molar-refractivity contribution in [3.8, 4) is 5.75 Å². The van der Waals surface area contributed by atoms with Crippen molar-refractivity contribution < 1.29 is 9.53 Å². The van der Waals surface area contributed by atoms with Crippen molar-refractivity contribution >= 4 is 11.5 Å². The number of hydrogen-bond acceptors (Lipinski definition) is 3. The molecule has 0 saturated carbocycles. The van der Waals surface area contributed by atoms with Crippen molar-refractivity contribution in [2.45, 2.75) is 19.8 Å². The number of methoxy groups -OCH3 is 1. The summed E-state index contributed by atoms with van der Waals surface area (Å²) in [7, 11) is 1.67. The minimum absolute atomic E-state index is 0.180. The number of ketones is 1. The van der Waals surface area contributed by atoms with Gasteiger partial charge in [-0.3, -0.25) is 4.79 Å². The number of benzene rings is 2. The standard InChI is InChI=1S/C18H21NO2/c1-3-18(20)15-6-8-16(9-7-15)19-13-12-14-4-10-17(21-2)11-5-14/h4-11,19H,3,12-13H2,1-2H3. The van der Waals surface area contributed by atoms with E-state index in [-0.39, 0.29) is 5.78 Å². The molecule has 0 bridgehead atoms. The van der Waals surface area contributed by atoms with Crippen LogP contribution < -0.4 is 10.1 Å². The van der Waals surface area contributed by atoms with Crippen molar-refractivity contribution in [2.75, 3.05) is 19.0 Å². The topological polar surface area (TPSA) is 38.3 Å². The van der Waals surface area contributed by atoms with Crippen LogP contribution in [0.1, 0.15) is 29.3 Å². The Hall–Kier alpha value is -2.29. The molecule has 0 aromatic heterocycles. The van der Waals surface area contributed by atoms with E-state index in [9.17, 15) is 4.79 Å². The highest BCUT2D eigenvalue weighted by Gasteiger charge is 2.02. The molecular formula is C18H21NO2. The van der Waals surface area contributed by atoms with Crippen LogP contribution in [0.4, 0.5) is 5.69 Å². The van der Waals surface area contributed by atoms with E-state index in [1.807, 2.05) is 43.3 Å². The van der Waals surface area contributed by atoms with Gasteiger partial charge in [-0.25, -0.2) is 0 Å². The average molecular weight is 283 g/mol. The largest absolute Gasteiger partial charge is 0.497 e. The Bertz CT molecular complexity index is 573. The van der Waals surface area contributed by atoms with Crippen LogP contribution in [-0.4, -0.2) is 19.4 Å². The number of carbonyl (C=O) groups is 1. The molecule has 0 atom stereocenters. The predicted molar refractivity (Wildman–Crippen MR) is 86.3 cm³/mol. The Balaban J connectivity index is 1.83. The molecule has 2 aromatic carbocycles. The zero-order valence-electron chi connectivity index (χ0n) is 12.6. The Morgan fingerprint density at radius 3 is 2.29 bits per heavy atom. The van der Waals surface area contributed by atoms with Gasteiger partial charge in [-0.1, -0.05) is 19.1 Å². The molecule has 0 aliphatic heterocycles. The van der Waals surface area contributed by atoms with Crippen LogP contribution in [0.3, 0.4) is 0 Å². The van der Waals surface area contributed by atoms with Gasteiger partial charge < -0.3 is 10.1 Å². The number of anilines is 1. The number of Topliss-reactive ketones (excluding diaryl/α,β-unsaturated/α-hetero) is 1. The average Bonchev–Trinajstić information content (AvgIpc) is 2.55. The molecule has 2 aromatic rings. The predicted octanol–water partition coefficient (Wildman–Crippen LogP) is 3.94. The van der Waals surface area contributed by atoms with Gasteiger partial charge in [0.15, 0.2) is 5.78 Å². The van der Waals surface area contributed by atoms with Crippen LogP contribution in [0.5, 0.6) is 5.75 Å². The summed E-state index contributed by atoms with van der Waals surface area (Å²) in [5, 5.41) is 3.36. The zero-order chi connectivity index (χ0) is 15.1. The third-order valence-electron chi connectivity index (χ3n) is 3.43. The third kappa shape index (κ3) is 4.35. The van der Waals surface area contributed by atoms with Gasteiger partial charge in [0.1, 0.15) is 5.75 Å². The number of hydrogen-bond donors (Lipinski definition) is 1. The van der Waals surface area contributed by atoms with E-state index in [1.54, 1.807) is 7.11 Å². The lowest BCUT2D eigenvalue weighted by Crippen LogP contribution is -2.05. The second-order valence-corrected chi connectivity index (χ2v) is 4.88. The lowest BCUT2D eigenvalue weighted by atomic mass is 10.1. The molecule has 3 heteroatoms. The maximum absolute atomic E-state index is 11.5. The van der Waals surface area contributed by atoms with Crippen LogP contribution in [0.15, 0.2) is 48.5 Å². The molecule has 2 rings (SSSR count). The van der Waals surface area contributed by atoms with E-state index in [0.29, 0.717) is 6.42 Å². The van der Waals surface area contributed by atoms with E-state index in [4.69, 9.17) is 4.74 Å². The summed E-state index contributed by atoms with van der Waals surface area (Å²) in [5.41, 5.74) is 3.08. The molecule has 0 radical (unpaired) electrons. The fraction of sp³-hybridized carbons (Fsp3) is 0.278. The molecule has 0 fully saturated rings. The van der Waals surface area contributed by atoms with Crippen LogP contribution in [0.2, 0.25) is 0 Å². The maximum Gasteiger partial charge on any atom is 0.162 e. The number of ether oxygens (including phenoxy) is 1. The first-order chi connectivity index (χ1) is 10.2. The highest BCUT2D eigenvalue weighted by Crippen LogP contribution is 2.13. The molecular weight excluding hydrogens is 262 g/mol. The molecule has 0 heterocycles. The molecule has 0 aliphatic carbocycles. The first kappa shape index (κ1) is 15.1. The minimum atomic E-state index is 0.180. The summed E-state index contributed by atoms with van der Waals surface area (Å²) < 4.78 is 5.14. The quantitative estimate of drug-likeness (QED) is 0.782. The van der Waals surface area contributed by atoms with Gasteiger partial charge >= 0.3 is 0 Å². The van der Waals surface area contributed by atoms with Gasteiger partial charge in [0.25, 0.3) is 0 Å². The minimum Gasteiger partial charge on any atom is -0.497 e. The van der Waals surface area contributed by atoms with Gasteiger partial charge in [0.05, 0.1) is 7.11 Å². The van der Waals surface area contributed by atoms with Crippen LogP contribution in [0.25, 0.3) is 0 Å². The molecule has 0 amide bonds. The summed E-state index contributed by atoms with van der Waals surface area (Å²) in [6.45, 7) is 2.73. The van der Waals surface area contributed by atoms with E-state index < -0.39 is 0 Å². The molecule has 1 N–H and O–H groups in total. The second kappa shape index (κ2) is 7.48. The Labute approximate surface area is 126 Å². The second-order valence-electron chi connectivity index (χ2n) is 4.88. The number of rotatable bonds is 7. The first-order valence-corrected chi connectivity index (χ1v) is 7.23. The molecule has 3 nitrogen and oxygen atoms in total. The molecule has 110 valence electrons. The van der Waals surface area contributed by atoms with Crippen LogP contribution in [-0.2, 0) is 6.42 Å². The number of nitrogens with one attached hydrogen (secondary N) is 1. The fourth-order valence-electron chi connectivity index (χ4n) is 2.12. The highest BCUT2D eigenvalue weighted by atomic mass is 16.5. The van der Waals surface area contributed by atoms with Crippen LogP contribution >= 0.6 is 0 Å². The number of carbonyl (C=O) groups excluding carboxylic acids is 1. The highest BCUT2D eigenvalue weighted by molar-refractivity contribution is 5.96. The van der Waals surface area contributed by atoms with Crippen molar-refractivity contribution in [3.05, 3.63) is 59.7 Å². The van der Waals surface area contributed by atoms with Crippen LogP contribution in [0, 0.1) is 0 Å². The van der Waals surface area contributed by atoms with Gasteiger partial charge in [0.2, 0.25) is 0 Å². The molecule has 0 unspecified atom stereocenters. The monoisotopic (exact) mass is 283 g/mol. The lowest BCUT2D eigenvalue weighted by Gasteiger charge is -2.08. The zero-order valence-corrected chi connectivity index (χ0v) is 12.6. The molecule has 0 spiro atoms. The lowest BCUT2D eigenvalue weighted by molar-refractivity contribution is 0.0988. The first-order valence-electron chi connectivity index (χ1n) is 7.23. The van der Waals surface area contributed by atoms with Gasteiger partial charge in [-0.15, -0.1) is 0 Å². The molecule has 0 saturated heterocycles. The summed E-state index contributed by atoms with van der Waals surface area (Å²) >= 11 is 0. The van der Waals surface area contributed by atoms with Crippen molar-refractivity contribution in [3.63, 3.8) is 0 Å². The van der Waals surface area contributed by atoms with E-state index in [2.05, 4.69) is 17.4 Å². The summed E-state index contributed by atoms with van der Waals surface area (Å²) in [4.78, 5) is 11.5. The Kier molecular flexibility index (Phi) is 5.38. The van der Waals surface area contributed by atoms with Crippen molar-refractivity contribution in [2.24, 2.45) is 0 Å². The maximum atomic E-state index is 11.5. The SMILES string of the molecule is CCC(=O)c1ccc(NCCc2ccc(OC)cc2)cc1.